The summed E-state index contributed by atoms with van der Waals surface area (Å²) in [5.74, 6) is 0. The van der Waals surface area contributed by atoms with E-state index in [1.54, 1.807) is 0 Å². The van der Waals surface area contributed by atoms with Gasteiger partial charge in [-0.15, -0.1) is 0 Å². The second kappa shape index (κ2) is 5.02. The molecule has 0 heterocycles. The minimum absolute atomic E-state index is 0.144. The molecule has 0 fully saturated rings. The normalized spacial score (nSPS) is 16.4. The molecule has 0 aromatic heterocycles. The zero-order valence-electron chi connectivity index (χ0n) is 12.5. The first-order valence-corrected chi connectivity index (χ1v) is 6.57. The van der Waals surface area contributed by atoms with E-state index in [1.165, 1.54) is 5.56 Å². The Morgan fingerprint density at radius 1 is 0.944 bits per heavy atom. The van der Waals surface area contributed by atoms with Gasteiger partial charge in [-0.25, -0.2) is 0 Å². The maximum atomic E-state index is 10.2. The highest BCUT2D eigenvalue weighted by Gasteiger charge is 2.29. The lowest BCUT2D eigenvalue weighted by molar-refractivity contribution is 0.0401. The topological polar surface area (TPSA) is 46.2 Å². The van der Waals surface area contributed by atoms with Crippen molar-refractivity contribution in [3.05, 3.63) is 35.4 Å². The van der Waals surface area contributed by atoms with Crippen LogP contribution in [0.3, 0.4) is 0 Å². The number of nitrogens with two attached hydrogens (primary N) is 1. The summed E-state index contributed by atoms with van der Waals surface area (Å²) in [6.45, 7) is 12.6. The molecule has 102 valence electrons. The first kappa shape index (κ1) is 15.2. The molecule has 0 unspecified atom stereocenters. The summed E-state index contributed by atoms with van der Waals surface area (Å²) in [4.78, 5) is 0. The Labute approximate surface area is 111 Å². The van der Waals surface area contributed by atoms with Gasteiger partial charge in [0.05, 0.1) is 12.1 Å². The predicted octanol–water partition coefficient (Wildman–Crippen LogP) is 3.39. The smallest absolute Gasteiger partial charge is 0.0780 e. The van der Waals surface area contributed by atoms with E-state index in [2.05, 4.69) is 32.9 Å². The molecule has 0 spiro atoms. The summed E-state index contributed by atoms with van der Waals surface area (Å²) in [6, 6.07) is 7.93. The fourth-order valence-corrected chi connectivity index (χ4v) is 1.93. The number of benzene rings is 1. The van der Waals surface area contributed by atoms with Gasteiger partial charge in [0.2, 0.25) is 0 Å². The number of hydrogen-bond donors (Lipinski definition) is 2. The molecule has 2 atom stereocenters. The van der Waals surface area contributed by atoms with E-state index in [1.807, 2.05) is 32.9 Å². The third-order valence-corrected chi connectivity index (χ3v) is 3.39. The second-order valence-corrected chi connectivity index (χ2v) is 7.21. The van der Waals surface area contributed by atoms with E-state index in [9.17, 15) is 5.11 Å². The van der Waals surface area contributed by atoms with Crippen molar-refractivity contribution in [1.29, 1.82) is 0 Å². The van der Waals surface area contributed by atoms with Crippen LogP contribution in [-0.2, 0) is 5.41 Å². The van der Waals surface area contributed by atoms with Crippen LogP contribution < -0.4 is 5.73 Å². The summed E-state index contributed by atoms with van der Waals surface area (Å²) < 4.78 is 0. The van der Waals surface area contributed by atoms with Crippen LogP contribution in [-0.4, -0.2) is 11.2 Å². The van der Waals surface area contributed by atoms with Crippen molar-refractivity contribution >= 4 is 0 Å². The predicted molar refractivity (Wildman–Crippen MR) is 77.5 cm³/mol. The Hall–Kier alpha value is -0.860. The average molecular weight is 249 g/mol. The highest BCUT2D eigenvalue weighted by Crippen LogP contribution is 2.30. The molecule has 0 saturated heterocycles. The Balaban J connectivity index is 2.93. The molecular weight excluding hydrogens is 222 g/mol. The van der Waals surface area contributed by atoms with Crippen LogP contribution in [0, 0.1) is 5.41 Å². The van der Waals surface area contributed by atoms with Gasteiger partial charge in [0.15, 0.2) is 0 Å². The van der Waals surface area contributed by atoms with Crippen molar-refractivity contribution in [2.45, 2.75) is 59.1 Å². The van der Waals surface area contributed by atoms with Gasteiger partial charge in [-0.2, -0.15) is 0 Å². The molecular formula is C16H27NO. The molecule has 3 N–H and O–H groups in total. The standard InChI is InChI=1S/C16H27NO/c1-15(2,3)12-9-7-11(8-10-12)13(17)14(18)16(4,5)6/h7-10,13-14,18H,17H2,1-6H3/t13-,14-/m1/s1. The molecule has 2 nitrogen and oxygen atoms in total. The number of aliphatic hydroxyl groups excluding tert-OH is 1. The van der Waals surface area contributed by atoms with Gasteiger partial charge in [0.25, 0.3) is 0 Å². The van der Waals surface area contributed by atoms with Crippen molar-refractivity contribution in [2.75, 3.05) is 0 Å². The van der Waals surface area contributed by atoms with E-state index in [0.29, 0.717) is 0 Å². The highest BCUT2D eigenvalue weighted by molar-refractivity contribution is 5.29. The number of hydrogen-bond acceptors (Lipinski definition) is 2. The van der Waals surface area contributed by atoms with Crippen molar-refractivity contribution in [3.8, 4) is 0 Å². The molecule has 0 amide bonds. The molecule has 0 aliphatic rings. The summed E-state index contributed by atoms with van der Waals surface area (Å²) >= 11 is 0. The third kappa shape index (κ3) is 3.56. The lowest BCUT2D eigenvalue weighted by Crippen LogP contribution is -2.37. The van der Waals surface area contributed by atoms with Gasteiger partial charge < -0.3 is 10.8 Å². The molecule has 0 saturated carbocycles. The maximum absolute atomic E-state index is 10.2. The first-order chi connectivity index (χ1) is 8.03. The van der Waals surface area contributed by atoms with Crippen LogP contribution >= 0.6 is 0 Å². The van der Waals surface area contributed by atoms with Crippen LogP contribution in [0.1, 0.15) is 58.7 Å². The monoisotopic (exact) mass is 249 g/mol. The maximum Gasteiger partial charge on any atom is 0.0780 e. The zero-order chi connectivity index (χ0) is 14.1. The minimum Gasteiger partial charge on any atom is -0.391 e. The van der Waals surface area contributed by atoms with Crippen molar-refractivity contribution in [3.63, 3.8) is 0 Å². The summed E-state index contributed by atoms with van der Waals surface area (Å²) in [7, 11) is 0. The van der Waals surface area contributed by atoms with Crippen LogP contribution in [0.25, 0.3) is 0 Å². The SMILES string of the molecule is CC(C)(C)c1ccc([C@@H](N)[C@@H](O)C(C)(C)C)cc1. The van der Waals surface area contributed by atoms with Gasteiger partial charge in [-0.3, -0.25) is 0 Å². The summed E-state index contributed by atoms with van der Waals surface area (Å²) in [5.41, 5.74) is 8.34. The largest absolute Gasteiger partial charge is 0.391 e. The van der Waals surface area contributed by atoms with E-state index in [0.717, 1.165) is 5.56 Å². The number of aliphatic hydroxyl groups is 1. The molecule has 1 aromatic rings. The van der Waals surface area contributed by atoms with Crippen molar-refractivity contribution < 1.29 is 5.11 Å². The molecule has 1 rings (SSSR count). The third-order valence-electron chi connectivity index (χ3n) is 3.39. The van der Waals surface area contributed by atoms with Crippen molar-refractivity contribution in [1.82, 2.24) is 0 Å². The molecule has 0 bridgehead atoms. The Morgan fingerprint density at radius 2 is 1.39 bits per heavy atom. The molecule has 2 heteroatoms. The van der Waals surface area contributed by atoms with Gasteiger partial charge >= 0.3 is 0 Å². The van der Waals surface area contributed by atoms with Crippen LogP contribution in [0.5, 0.6) is 0 Å². The van der Waals surface area contributed by atoms with Gasteiger partial charge in [0.1, 0.15) is 0 Å². The molecule has 0 aliphatic carbocycles. The quantitative estimate of drug-likeness (QED) is 0.844. The fourth-order valence-electron chi connectivity index (χ4n) is 1.93. The number of rotatable bonds is 2. The summed E-state index contributed by atoms with van der Waals surface area (Å²) in [5, 5.41) is 10.2. The summed E-state index contributed by atoms with van der Waals surface area (Å²) in [6.07, 6.45) is -0.544. The molecule has 0 aliphatic heterocycles. The van der Waals surface area contributed by atoms with E-state index in [-0.39, 0.29) is 16.9 Å². The molecule has 1 aromatic carbocycles. The van der Waals surface area contributed by atoms with Gasteiger partial charge in [-0.05, 0) is 22.0 Å². The van der Waals surface area contributed by atoms with E-state index < -0.39 is 6.10 Å². The zero-order valence-corrected chi connectivity index (χ0v) is 12.5. The Morgan fingerprint density at radius 3 is 1.72 bits per heavy atom. The van der Waals surface area contributed by atoms with Gasteiger partial charge in [0, 0.05) is 0 Å². The van der Waals surface area contributed by atoms with Crippen LogP contribution in [0.15, 0.2) is 24.3 Å². The molecule has 18 heavy (non-hydrogen) atoms. The van der Waals surface area contributed by atoms with Crippen molar-refractivity contribution in [2.24, 2.45) is 11.1 Å². The first-order valence-electron chi connectivity index (χ1n) is 6.57. The van der Waals surface area contributed by atoms with Crippen LogP contribution in [0.2, 0.25) is 0 Å². The second-order valence-electron chi connectivity index (χ2n) is 7.21. The Bertz CT molecular complexity index is 381. The minimum atomic E-state index is -0.544. The Kier molecular flexibility index (Phi) is 4.24. The average Bonchev–Trinajstić information content (AvgIpc) is 2.25. The lowest BCUT2D eigenvalue weighted by Gasteiger charge is -2.31. The lowest BCUT2D eigenvalue weighted by atomic mass is 9.81. The molecule has 0 radical (unpaired) electrons. The highest BCUT2D eigenvalue weighted by atomic mass is 16.3. The van der Waals surface area contributed by atoms with E-state index in [4.69, 9.17) is 5.73 Å². The van der Waals surface area contributed by atoms with Crippen LogP contribution in [0.4, 0.5) is 0 Å². The fraction of sp³-hybridized carbons (Fsp3) is 0.625. The van der Waals surface area contributed by atoms with Gasteiger partial charge in [-0.1, -0.05) is 65.8 Å². The van der Waals surface area contributed by atoms with E-state index >= 15 is 0 Å².